The molecule has 1 saturated heterocycles. The molecule has 39 heavy (non-hydrogen) atoms. The van der Waals surface area contributed by atoms with E-state index in [1.807, 2.05) is 29.9 Å². The molecule has 2 aromatic carbocycles. The molecule has 3 heterocycles. The number of morpholine rings is 1. The highest BCUT2D eigenvalue weighted by Crippen LogP contribution is 2.33. The van der Waals surface area contributed by atoms with Crippen molar-refractivity contribution in [2.24, 2.45) is 12.1 Å². The lowest BCUT2D eigenvalue weighted by Crippen LogP contribution is -2.46. The largest absolute Gasteiger partial charge is 0.379 e. The molecule has 0 radical (unpaired) electrons. The number of aryl methyl sites for hydroxylation is 1. The number of hydrazone groups is 1. The van der Waals surface area contributed by atoms with Crippen LogP contribution < -0.4 is 0 Å². The lowest BCUT2D eigenvalue weighted by atomic mass is 10.0. The van der Waals surface area contributed by atoms with Gasteiger partial charge in [-0.1, -0.05) is 24.3 Å². The van der Waals surface area contributed by atoms with Gasteiger partial charge in [0.15, 0.2) is 0 Å². The number of nitrogens with zero attached hydrogens (tertiary/aromatic N) is 5. The van der Waals surface area contributed by atoms with Crippen LogP contribution in [-0.2, 0) is 16.6 Å². The van der Waals surface area contributed by atoms with Crippen LogP contribution in [0.3, 0.4) is 0 Å². The minimum atomic E-state index is -0.638. The number of halogens is 2. The molecule has 2 aliphatic rings. The van der Waals surface area contributed by atoms with Gasteiger partial charge >= 0.3 is 0 Å². The molecule has 204 valence electrons. The Kier molecular flexibility index (Phi) is 8.13. The van der Waals surface area contributed by atoms with Crippen LogP contribution in [0.15, 0.2) is 72.0 Å². The Bertz CT molecular complexity index is 1350. The van der Waals surface area contributed by atoms with Gasteiger partial charge in [0.2, 0.25) is 0 Å². The molecule has 10 heteroatoms. The Labute approximate surface area is 226 Å². The molecular formula is C29H31F2N5O3. The van der Waals surface area contributed by atoms with Gasteiger partial charge in [0, 0.05) is 45.8 Å². The number of hydrogen-bond donors (Lipinski definition) is 0. The molecule has 0 saturated carbocycles. The average molecular weight is 536 g/mol. The van der Waals surface area contributed by atoms with Crippen molar-refractivity contribution in [1.82, 2.24) is 19.4 Å². The van der Waals surface area contributed by atoms with Crippen LogP contribution in [0.4, 0.5) is 8.78 Å². The Balaban J connectivity index is 1.41. The standard InChI is InChI=1S/C29H31F2N5O3/c1-33-12-4-7-26(33)25-19-27(21-8-10-22(30)11-9-21)36(32-25)28(37)20-35(14-13-34-15-17-39-18-16-34)29(38)23-5-2-3-6-24(23)31/h2-12,27H,13-20H2,1H3/t27-/m0/s1. The molecule has 0 N–H and O–H groups in total. The molecule has 1 atom stereocenters. The van der Waals surface area contributed by atoms with Crippen molar-refractivity contribution in [1.29, 1.82) is 0 Å². The molecule has 1 fully saturated rings. The SMILES string of the molecule is Cn1cccc1C1=NN(C(=O)CN(CCN2CCOCC2)C(=O)c2ccccc2F)[C@H](c2ccc(F)cc2)C1. The van der Waals surface area contributed by atoms with Gasteiger partial charge in [0.25, 0.3) is 11.8 Å². The van der Waals surface area contributed by atoms with Gasteiger partial charge in [-0.05, 0) is 42.0 Å². The second-order valence-electron chi connectivity index (χ2n) is 9.72. The average Bonchev–Trinajstić information content (AvgIpc) is 3.58. The van der Waals surface area contributed by atoms with Gasteiger partial charge in [0.1, 0.15) is 18.2 Å². The van der Waals surface area contributed by atoms with Crippen LogP contribution >= 0.6 is 0 Å². The first-order chi connectivity index (χ1) is 18.9. The fourth-order valence-corrected chi connectivity index (χ4v) is 4.98. The summed E-state index contributed by atoms with van der Waals surface area (Å²) in [6.45, 7) is 3.13. The normalized spacial score (nSPS) is 17.8. The third kappa shape index (κ3) is 6.07. The predicted octanol–water partition coefficient (Wildman–Crippen LogP) is 3.46. The Morgan fingerprint density at radius 2 is 1.77 bits per heavy atom. The number of amides is 2. The van der Waals surface area contributed by atoms with Crippen LogP contribution in [0.5, 0.6) is 0 Å². The number of ether oxygens (including phenoxy) is 1. The van der Waals surface area contributed by atoms with E-state index in [1.54, 1.807) is 18.2 Å². The summed E-state index contributed by atoms with van der Waals surface area (Å²) < 4.78 is 35.6. The van der Waals surface area contributed by atoms with Crippen LogP contribution in [0.25, 0.3) is 0 Å². The number of benzene rings is 2. The first-order valence-electron chi connectivity index (χ1n) is 13.0. The topological polar surface area (TPSA) is 70.4 Å². The minimum Gasteiger partial charge on any atom is -0.379 e. The molecule has 5 rings (SSSR count). The third-order valence-electron chi connectivity index (χ3n) is 7.17. The van der Waals surface area contributed by atoms with Crippen LogP contribution in [-0.4, -0.2) is 82.8 Å². The van der Waals surface area contributed by atoms with Crippen molar-refractivity contribution in [3.05, 3.63) is 95.3 Å². The zero-order chi connectivity index (χ0) is 27.4. The highest BCUT2D eigenvalue weighted by atomic mass is 19.1. The van der Waals surface area contributed by atoms with Gasteiger partial charge in [-0.25, -0.2) is 13.8 Å². The Morgan fingerprint density at radius 1 is 1.03 bits per heavy atom. The van der Waals surface area contributed by atoms with E-state index >= 15 is 0 Å². The first kappa shape index (κ1) is 26.7. The summed E-state index contributed by atoms with van der Waals surface area (Å²) in [6.07, 6.45) is 2.33. The fourth-order valence-electron chi connectivity index (χ4n) is 4.98. The van der Waals surface area contributed by atoms with Crippen molar-refractivity contribution in [2.75, 3.05) is 45.9 Å². The van der Waals surface area contributed by atoms with E-state index in [2.05, 4.69) is 10.0 Å². The number of aromatic nitrogens is 1. The fraction of sp³-hybridized carbons (Fsp3) is 0.345. The van der Waals surface area contributed by atoms with Crippen LogP contribution in [0, 0.1) is 11.6 Å². The first-order valence-corrected chi connectivity index (χ1v) is 13.0. The molecular weight excluding hydrogens is 504 g/mol. The molecule has 0 bridgehead atoms. The van der Waals surface area contributed by atoms with E-state index < -0.39 is 23.7 Å². The van der Waals surface area contributed by atoms with E-state index in [1.165, 1.54) is 40.2 Å². The molecule has 3 aromatic rings. The molecule has 1 aromatic heterocycles. The molecule has 2 aliphatic heterocycles. The quantitative estimate of drug-likeness (QED) is 0.443. The number of rotatable bonds is 8. The smallest absolute Gasteiger partial charge is 0.262 e. The summed E-state index contributed by atoms with van der Waals surface area (Å²) in [7, 11) is 1.90. The maximum atomic E-state index is 14.6. The van der Waals surface area contributed by atoms with Gasteiger partial charge in [-0.3, -0.25) is 14.5 Å². The van der Waals surface area contributed by atoms with E-state index in [-0.39, 0.29) is 24.5 Å². The van der Waals surface area contributed by atoms with E-state index in [4.69, 9.17) is 4.74 Å². The summed E-state index contributed by atoms with van der Waals surface area (Å²) in [5.74, 6) is -1.97. The number of carbonyl (C=O) groups is 2. The summed E-state index contributed by atoms with van der Waals surface area (Å²) in [5.41, 5.74) is 2.23. The van der Waals surface area contributed by atoms with E-state index in [9.17, 15) is 18.4 Å². The second kappa shape index (κ2) is 11.9. The zero-order valence-corrected chi connectivity index (χ0v) is 21.8. The van der Waals surface area contributed by atoms with Crippen molar-refractivity contribution >= 4 is 17.5 Å². The Hall–Kier alpha value is -3.89. The monoisotopic (exact) mass is 535 g/mol. The molecule has 0 aliphatic carbocycles. The van der Waals surface area contributed by atoms with Gasteiger partial charge in [0.05, 0.1) is 36.2 Å². The summed E-state index contributed by atoms with van der Waals surface area (Å²) in [4.78, 5) is 30.8. The molecule has 8 nitrogen and oxygen atoms in total. The van der Waals surface area contributed by atoms with Crippen LogP contribution in [0.1, 0.15) is 34.1 Å². The lowest BCUT2D eigenvalue weighted by Gasteiger charge is -2.31. The Morgan fingerprint density at radius 3 is 2.46 bits per heavy atom. The second-order valence-corrected chi connectivity index (χ2v) is 9.72. The van der Waals surface area contributed by atoms with E-state index in [0.29, 0.717) is 31.9 Å². The highest BCUT2D eigenvalue weighted by molar-refractivity contribution is 6.02. The predicted molar refractivity (Wildman–Crippen MR) is 142 cm³/mol. The maximum Gasteiger partial charge on any atom is 0.262 e. The highest BCUT2D eigenvalue weighted by Gasteiger charge is 2.35. The summed E-state index contributed by atoms with van der Waals surface area (Å²) in [6, 6.07) is 15.1. The lowest BCUT2D eigenvalue weighted by molar-refractivity contribution is -0.133. The molecule has 0 unspecified atom stereocenters. The number of carbonyl (C=O) groups excluding carboxylic acids is 2. The van der Waals surface area contributed by atoms with Crippen LogP contribution in [0.2, 0.25) is 0 Å². The van der Waals surface area contributed by atoms with Gasteiger partial charge in [-0.15, -0.1) is 0 Å². The number of hydrogen-bond acceptors (Lipinski definition) is 5. The molecule has 2 amide bonds. The summed E-state index contributed by atoms with van der Waals surface area (Å²) >= 11 is 0. The zero-order valence-electron chi connectivity index (χ0n) is 21.8. The third-order valence-corrected chi connectivity index (χ3v) is 7.17. The summed E-state index contributed by atoms with van der Waals surface area (Å²) in [5, 5.41) is 6.05. The molecule has 0 spiro atoms. The van der Waals surface area contributed by atoms with Gasteiger partial charge in [-0.2, -0.15) is 5.10 Å². The van der Waals surface area contributed by atoms with Crippen molar-refractivity contribution in [2.45, 2.75) is 12.5 Å². The van der Waals surface area contributed by atoms with Crippen molar-refractivity contribution in [3.8, 4) is 0 Å². The van der Waals surface area contributed by atoms with Crippen molar-refractivity contribution in [3.63, 3.8) is 0 Å². The maximum absolute atomic E-state index is 14.6. The van der Waals surface area contributed by atoms with Gasteiger partial charge < -0.3 is 14.2 Å². The van der Waals surface area contributed by atoms with E-state index in [0.717, 1.165) is 24.3 Å². The minimum absolute atomic E-state index is 0.0863. The van der Waals surface area contributed by atoms with Crippen molar-refractivity contribution < 1.29 is 23.1 Å².